The molecule has 5 aromatic rings. The molecule has 4 N–H and O–H groups in total. The number of imide groups is 1. The first-order valence-corrected chi connectivity index (χ1v) is 25.9. The van der Waals surface area contributed by atoms with Crippen molar-refractivity contribution in [2.24, 2.45) is 5.92 Å². The standard InChI is InChI=1S/C55H61F2N11O6/c1-2-74-42-27-44(50-39(28-58)30-62-68(50)32-42)37-6-13-48(61-29-37)65-23-17-55(18-24-65,64-51(70)45-26-40(56)7-11-46(45)57)33-59-19-20-60-41-8-3-35(4-9-41)53(72)66-21-15-34(16-22-66)36-5-10-43-38(25-36)31-67(54(43)73)47-12-14-49(69)63-52(47)71/h5-7,10-11,13,25-27,29-30,32,34-35,41,47,59-60H,2-4,8-9,12,14-24,31,33H2,1H3,(H,64,70)(H,63,69,71). The molecule has 10 rings (SSSR count). The minimum absolute atomic E-state index is 0.0127. The summed E-state index contributed by atoms with van der Waals surface area (Å²) in [5, 5.41) is 26.8. The first-order valence-electron chi connectivity index (χ1n) is 25.9. The lowest BCUT2D eigenvalue weighted by atomic mass is 9.83. The van der Waals surface area contributed by atoms with Crippen LogP contribution < -0.4 is 30.9 Å². The van der Waals surface area contributed by atoms with E-state index in [1.54, 1.807) is 21.8 Å². The molecular weight excluding hydrogens is 949 g/mol. The highest BCUT2D eigenvalue weighted by molar-refractivity contribution is 6.05. The van der Waals surface area contributed by atoms with Crippen molar-refractivity contribution in [1.82, 2.24) is 45.7 Å². The summed E-state index contributed by atoms with van der Waals surface area (Å²) < 4.78 is 36.5. The van der Waals surface area contributed by atoms with Crippen molar-refractivity contribution in [3.8, 4) is 22.9 Å². The Hall–Kier alpha value is -7.30. The SMILES string of the molecule is CCOc1cc(-c2ccc(N3CCC(CNCCNC4CCC(C(=O)N5CCC(c6ccc7c(c6)CN(C6CCC(=O)NC6=O)C7=O)CC5)CC4)(NC(=O)c4cc(F)ccc4F)CC3)nc2)c2c(C#N)cnn2c1. The zero-order valence-electron chi connectivity index (χ0n) is 41.5. The number of nitrogens with zero attached hydrogens (tertiary/aromatic N) is 7. The van der Waals surface area contributed by atoms with Gasteiger partial charge in [-0.15, -0.1) is 0 Å². The zero-order valence-corrected chi connectivity index (χ0v) is 41.5. The van der Waals surface area contributed by atoms with Crippen molar-refractivity contribution in [3.05, 3.63) is 113 Å². The summed E-state index contributed by atoms with van der Waals surface area (Å²) in [6.45, 7) is 6.83. The van der Waals surface area contributed by atoms with E-state index in [9.17, 15) is 38.0 Å². The van der Waals surface area contributed by atoms with Gasteiger partial charge in [0.1, 0.15) is 35.3 Å². The molecule has 19 heteroatoms. The molecule has 2 aromatic carbocycles. The molecule has 1 aliphatic carbocycles. The number of piperidine rings is 3. The predicted molar refractivity (Wildman–Crippen MR) is 270 cm³/mol. The molecule has 3 aromatic heterocycles. The Morgan fingerprint density at radius 3 is 2.43 bits per heavy atom. The van der Waals surface area contributed by atoms with E-state index in [1.807, 2.05) is 42.2 Å². The Balaban J connectivity index is 0.691. The van der Waals surface area contributed by atoms with Gasteiger partial charge in [0.05, 0.1) is 41.2 Å². The molecule has 0 bridgehead atoms. The molecule has 17 nitrogen and oxygen atoms in total. The van der Waals surface area contributed by atoms with E-state index in [0.717, 1.165) is 84.8 Å². The maximum atomic E-state index is 14.8. The number of fused-ring (bicyclic) bond motifs is 2. The smallest absolute Gasteiger partial charge is 0.255 e. The molecule has 1 unspecified atom stereocenters. The van der Waals surface area contributed by atoms with Crippen molar-refractivity contribution >= 4 is 40.9 Å². The van der Waals surface area contributed by atoms with Gasteiger partial charge in [-0.05, 0) is 124 Å². The van der Waals surface area contributed by atoms with Gasteiger partial charge in [-0.3, -0.25) is 29.3 Å². The highest BCUT2D eigenvalue weighted by atomic mass is 19.1. The minimum Gasteiger partial charge on any atom is -0.492 e. The van der Waals surface area contributed by atoms with Gasteiger partial charge in [0, 0.05) is 93.6 Å². The van der Waals surface area contributed by atoms with Crippen LogP contribution in [0.5, 0.6) is 5.75 Å². The number of likely N-dealkylation sites (tertiary alicyclic amines) is 1. The van der Waals surface area contributed by atoms with Crippen molar-refractivity contribution in [1.29, 1.82) is 5.26 Å². The molecule has 0 spiro atoms. The third kappa shape index (κ3) is 10.6. The number of rotatable bonds is 15. The third-order valence-corrected chi connectivity index (χ3v) is 15.8. The number of benzene rings is 2. The second-order valence-electron chi connectivity index (χ2n) is 20.3. The van der Waals surface area contributed by atoms with Crippen molar-refractivity contribution in [3.63, 3.8) is 0 Å². The number of anilines is 1. The lowest BCUT2D eigenvalue weighted by molar-refractivity contribution is -0.138. The maximum absolute atomic E-state index is 14.8. The Morgan fingerprint density at radius 1 is 0.905 bits per heavy atom. The number of amides is 5. The van der Waals surface area contributed by atoms with Gasteiger partial charge in [0.2, 0.25) is 17.7 Å². The molecular formula is C55H61F2N11O6. The minimum atomic E-state index is -0.795. The first-order chi connectivity index (χ1) is 35.9. The van der Waals surface area contributed by atoms with E-state index < -0.39 is 35.0 Å². The third-order valence-electron chi connectivity index (χ3n) is 15.8. The van der Waals surface area contributed by atoms with Crippen LogP contribution in [0.25, 0.3) is 16.6 Å². The second-order valence-corrected chi connectivity index (χ2v) is 20.3. The van der Waals surface area contributed by atoms with Gasteiger partial charge in [0.15, 0.2) is 0 Å². The average molecular weight is 1010 g/mol. The van der Waals surface area contributed by atoms with Gasteiger partial charge in [-0.1, -0.05) is 12.1 Å². The van der Waals surface area contributed by atoms with E-state index in [4.69, 9.17) is 9.72 Å². The molecule has 1 atom stereocenters. The highest BCUT2D eigenvalue weighted by Crippen LogP contribution is 2.36. The number of carbonyl (C=O) groups excluding carboxylic acids is 5. The van der Waals surface area contributed by atoms with Gasteiger partial charge in [-0.2, -0.15) is 10.4 Å². The van der Waals surface area contributed by atoms with E-state index in [2.05, 4.69) is 43.4 Å². The molecule has 0 radical (unpaired) electrons. The van der Waals surface area contributed by atoms with Crippen LogP contribution in [0.3, 0.4) is 0 Å². The Bertz CT molecular complexity index is 2990. The molecule has 3 saturated heterocycles. The topological polar surface area (TPSA) is 206 Å². The molecule has 7 heterocycles. The zero-order chi connectivity index (χ0) is 51.5. The second kappa shape index (κ2) is 21.7. The Kier molecular flexibility index (Phi) is 14.7. The van der Waals surface area contributed by atoms with Crippen LogP contribution in [-0.4, -0.2) is 124 Å². The fourth-order valence-corrected chi connectivity index (χ4v) is 11.6. The van der Waals surface area contributed by atoms with Crippen LogP contribution >= 0.6 is 0 Å². The summed E-state index contributed by atoms with van der Waals surface area (Å²) in [5.41, 5.74) is 4.19. The molecule has 386 valence electrons. The summed E-state index contributed by atoms with van der Waals surface area (Å²) in [4.78, 5) is 75.3. The first kappa shape index (κ1) is 50.2. The van der Waals surface area contributed by atoms with Crippen LogP contribution in [0.4, 0.5) is 14.6 Å². The fourth-order valence-electron chi connectivity index (χ4n) is 11.6. The summed E-state index contributed by atoms with van der Waals surface area (Å²) in [6, 6.07) is 16.4. The molecule has 1 saturated carbocycles. The quantitative estimate of drug-likeness (QED) is 0.0746. The monoisotopic (exact) mass is 1010 g/mol. The summed E-state index contributed by atoms with van der Waals surface area (Å²) >= 11 is 0. The van der Waals surface area contributed by atoms with Crippen LogP contribution in [0.2, 0.25) is 0 Å². The summed E-state index contributed by atoms with van der Waals surface area (Å²) in [7, 11) is 0. The Labute approximate surface area is 428 Å². The van der Waals surface area contributed by atoms with Crippen LogP contribution in [0.15, 0.2) is 73.2 Å². The molecule has 4 fully saturated rings. The number of carbonyl (C=O) groups is 5. The number of nitriles is 1. The fraction of sp³-hybridized carbons (Fsp3) is 0.455. The molecule has 4 aliphatic heterocycles. The van der Waals surface area contributed by atoms with Gasteiger partial charge < -0.3 is 35.4 Å². The molecule has 74 heavy (non-hydrogen) atoms. The lowest BCUT2D eigenvalue weighted by Gasteiger charge is -2.43. The van der Waals surface area contributed by atoms with Crippen LogP contribution in [0, 0.1) is 28.9 Å². The number of halogens is 2. The van der Waals surface area contributed by atoms with Gasteiger partial charge in [0.25, 0.3) is 11.8 Å². The number of hydrogen-bond acceptors (Lipinski definition) is 12. The normalized spacial score (nSPS) is 21.1. The Morgan fingerprint density at radius 2 is 1.70 bits per heavy atom. The average Bonchev–Trinajstić information content (AvgIpc) is 3.99. The number of ether oxygens (including phenoxy) is 1. The van der Waals surface area contributed by atoms with E-state index in [0.29, 0.717) is 101 Å². The van der Waals surface area contributed by atoms with Crippen molar-refractivity contribution < 1.29 is 37.5 Å². The maximum Gasteiger partial charge on any atom is 0.255 e. The van der Waals surface area contributed by atoms with Crippen molar-refractivity contribution in [2.45, 2.75) is 101 Å². The largest absolute Gasteiger partial charge is 0.492 e. The molecule has 5 amide bonds. The predicted octanol–water partition coefficient (Wildman–Crippen LogP) is 5.62. The number of aromatic nitrogens is 3. The molecule has 5 aliphatic rings. The van der Waals surface area contributed by atoms with Crippen LogP contribution in [-0.2, 0) is 20.9 Å². The van der Waals surface area contributed by atoms with Gasteiger partial charge in [-0.25, -0.2) is 18.3 Å². The number of nitrogens with one attached hydrogen (secondary N) is 4. The van der Waals surface area contributed by atoms with E-state index in [-0.39, 0.29) is 47.6 Å². The van der Waals surface area contributed by atoms with Crippen molar-refractivity contribution in [2.75, 3.05) is 57.3 Å². The lowest BCUT2D eigenvalue weighted by Crippen LogP contribution is -2.60. The van der Waals surface area contributed by atoms with E-state index >= 15 is 0 Å². The summed E-state index contributed by atoms with van der Waals surface area (Å²) in [5.74, 6) is -1.24. The summed E-state index contributed by atoms with van der Waals surface area (Å²) in [6.07, 6.45) is 11.7. The number of hydrogen-bond donors (Lipinski definition) is 4. The van der Waals surface area contributed by atoms with Crippen LogP contribution in [0.1, 0.15) is 114 Å². The van der Waals surface area contributed by atoms with Gasteiger partial charge >= 0.3 is 0 Å². The van der Waals surface area contributed by atoms with E-state index in [1.165, 1.54) is 6.20 Å². The highest BCUT2D eigenvalue weighted by Gasteiger charge is 2.41. The number of pyridine rings is 2.